The Morgan fingerprint density at radius 1 is 0.967 bits per heavy atom. The Morgan fingerprint density at radius 3 is 2.47 bits per heavy atom. The van der Waals surface area contributed by atoms with Crippen molar-refractivity contribution in [2.24, 2.45) is 5.73 Å². The molecule has 1 saturated carbocycles. The lowest BCUT2D eigenvalue weighted by Crippen LogP contribution is -2.44. The van der Waals surface area contributed by atoms with E-state index in [1.165, 1.54) is 12.1 Å². The summed E-state index contributed by atoms with van der Waals surface area (Å²) in [7, 11) is 0. The van der Waals surface area contributed by atoms with Crippen LogP contribution in [0.15, 0.2) is 66.7 Å². The summed E-state index contributed by atoms with van der Waals surface area (Å²) in [6.45, 7) is 2.09. The second-order valence-corrected chi connectivity index (χ2v) is 8.28. The number of fused-ring (bicyclic) bond motifs is 1. The van der Waals surface area contributed by atoms with E-state index < -0.39 is 11.7 Å². The minimum absolute atomic E-state index is 0.0803. The largest absolute Gasteiger partial charge is 0.416 e. The van der Waals surface area contributed by atoms with Gasteiger partial charge in [0.2, 0.25) is 0 Å². The monoisotopic (exact) mass is 412 g/mol. The number of anilines is 1. The summed E-state index contributed by atoms with van der Waals surface area (Å²) in [5.74, 6) is 0. The van der Waals surface area contributed by atoms with Gasteiger partial charge in [0.05, 0.1) is 11.6 Å². The number of hydrogen-bond donors (Lipinski definition) is 1. The molecule has 3 atom stereocenters. The maximum Gasteiger partial charge on any atom is 0.416 e. The van der Waals surface area contributed by atoms with E-state index in [4.69, 9.17) is 5.73 Å². The third-order valence-corrected chi connectivity index (χ3v) is 6.24. The highest BCUT2D eigenvalue weighted by molar-refractivity contribution is 5.86. The molecule has 0 bridgehead atoms. The van der Waals surface area contributed by atoms with Crippen LogP contribution in [0.4, 0.5) is 18.9 Å². The zero-order chi connectivity index (χ0) is 21.3. The van der Waals surface area contributed by atoms with Gasteiger partial charge in [-0.2, -0.15) is 13.2 Å². The summed E-state index contributed by atoms with van der Waals surface area (Å²) in [5, 5.41) is 2.26. The smallest absolute Gasteiger partial charge is 0.362 e. The molecule has 1 fully saturated rings. The molecule has 0 radical (unpaired) electrons. The molecule has 158 valence electrons. The number of rotatable bonds is 4. The number of nitrogens with zero attached hydrogens (tertiary/aromatic N) is 1. The molecule has 5 heteroatoms. The van der Waals surface area contributed by atoms with Crippen LogP contribution in [0.5, 0.6) is 0 Å². The quantitative estimate of drug-likeness (QED) is 0.517. The molecule has 0 aliphatic heterocycles. The molecule has 0 aromatic heterocycles. The van der Waals surface area contributed by atoms with E-state index in [1.54, 1.807) is 6.07 Å². The Hall–Kier alpha value is -2.53. The van der Waals surface area contributed by atoms with Crippen molar-refractivity contribution in [3.05, 3.63) is 77.9 Å². The van der Waals surface area contributed by atoms with Crippen LogP contribution in [0.1, 0.15) is 49.8 Å². The van der Waals surface area contributed by atoms with Crippen molar-refractivity contribution >= 4 is 16.5 Å². The third kappa shape index (κ3) is 4.17. The minimum Gasteiger partial charge on any atom is -0.362 e. The molecule has 2 N–H and O–H groups in total. The van der Waals surface area contributed by atoms with Gasteiger partial charge in [-0.05, 0) is 67.1 Å². The SMILES string of the molecule is C[C@H](c1cccc2ccccc12)N(c1cccc(C(F)(F)F)c1)C1CCCC(N)C1. The van der Waals surface area contributed by atoms with Gasteiger partial charge < -0.3 is 10.6 Å². The van der Waals surface area contributed by atoms with Crippen molar-refractivity contribution in [3.63, 3.8) is 0 Å². The minimum atomic E-state index is -4.37. The van der Waals surface area contributed by atoms with Crippen LogP contribution in [-0.4, -0.2) is 12.1 Å². The lowest BCUT2D eigenvalue weighted by Gasteiger charge is -2.42. The summed E-state index contributed by atoms with van der Waals surface area (Å²) < 4.78 is 40.3. The molecule has 3 aromatic rings. The molecule has 1 aliphatic carbocycles. The van der Waals surface area contributed by atoms with Crippen molar-refractivity contribution in [2.75, 3.05) is 4.90 Å². The molecular weight excluding hydrogens is 385 g/mol. The summed E-state index contributed by atoms with van der Waals surface area (Å²) in [5.41, 5.74) is 7.36. The predicted octanol–water partition coefficient (Wildman–Crippen LogP) is 6.70. The first-order valence-electron chi connectivity index (χ1n) is 10.5. The van der Waals surface area contributed by atoms with Crippen LogP contribution in [0.2, 0.25) is 0 Å². The fourth-order valence-electron chi connectivity index (χ4n) is 4.81. The first-order valence-corrected chi connectivity index (χ1v) is 10.5. The molecule has 0 spiro atoms. The number of alkyl halides is 3. The fraction of sp³-hybridized carbons (Fsp3) is 0.360. The zero-order valence-electron chi connectivity index (χ0n) is 17.1. The average Bonchev–Trinajstić information content (AvgIpc) is 2.73. The number of nitrogens with two attached hydrogens (primary N) is 1. The Kier molecular flexibility index (Phi) is 5.74. The van der Waals surface area contributed by atoms with Crippen molar-refractivity contribution in [1.29, 1.82) is 0 Å². The maximum atomic E-state index is 13.4. The second-order valence-electron chi connectivity index (χ2n) is 8.28. The summed E-state index contributed by atoms with van der Waals surface area (Å²) in [6.07, 6.45) is -0.698. The highest BCUT2D eigenvalue weighted by atomic mass is 19.4. The van der Waals surface area contributed by atoms with Crippen LogP contribution in [0.25, 0.3) is 10.8 Å². The molecule has 4 rings (SSSR count). The average molecular weight is 412 g/mol. The van der Waals surface area contributed by atoms with Gasteiger partial charge in [-0.3, -0.25) is 0 Å². The van der Waals surface area contributed by atoms with Gasteiger partial charge >= 0.3 is 6.18 Å². The summed E-state index contributed by atoms with van der Waals surface area (Å²) in [6, 6.07) is 20.1. The van der Waals surface area contributed by atoms with E-state index in [1.807, 2.05) is 18.2 Å². The Labute approximate surface area is 175 Å². The van der Waals surface area contributed by atoms with Gasteiger partial charge in [0.15, 0.2) is 0 Å². The van der Waals surface area contributed by atoms with Crippen molar-refractivity contribution < 1.29 is 13.2 Å². The summed E-state index contributed by atoms with van der Waals surface area (Å²) in [4.78, 5) is 2.16. The van der Waals surface area contributed by atoms with Gasteiger partial charge in [-0.15, -0.1) is 0 Å². The Balaban J connectivity index is 1.81. The molecule has 3 aromatic carbocycles. The molecule has 0 heterocycles. The molecule has 30 heavy (non-hydrogen) atoms. The molecule has 0 saturated heterocycles. The van der Waals surface area contributed by atoms with E-state index in [2.05, 4.69) is 36.1 Å². The second kappa shape index (κ2) is 8.31. The van der Waals surface area contributed by atoms with Crippen molar-refractivity contribution in [1.82, 2.24) is 0 Å². The zero-order valence-corrected chi connectivity index (χ0v) is 17.1. The molecule has 2 nitrogen and oxygen atoms in total. The predicted molar refractivity (Wildman–Crippen MR) is 117 cm³/mol. The van der Waals surface area contributed by atoms with Crippen LogP contribution < -0.4 is 10.6 Å². The van der Waals surface area contributed by atoms with Gasteiger partial charge in [0.25, 0.3) is 0 Å². The van der Waals surface area contributed by atoms with Crippen LogP contribution in [-0.2, 0) is 6.18 Å². The van der Waals surface area contributed by atoms with E-state index in [0.717, 1.165) is 48.1 Å². The Bertz CT molecular complexity index is 1010. The van der Waals surface area contributed by atoms with Gasteiger partial charge in [0, 0.05) is 17.8 Å². The van der Waals surface area contributed by atoms with E-state index in [9.17, 15) is 13.2 Å². The van der Waals surface area contributed by atoms with Crippen LogP contribution in [0, 0.1) is 0 Å². The lowest BCUT2D eigenvalue weighted by atomic mass is 9.88. The van der Waals surface area contributed by atoms with E-state index in [-0.39, 0.29) is 18.1 Å². The van der Waals surface area contributed by atoms with Gasteiger partial charge in [-0.25, -0.2) is 0 Å². The van der Waals surface area contributed by atoms with Gasteiger partial charge in [-0.1, -0.05) is 48.5 Å². The Morgan fingerprint density at radius 2 is 1.70 bits per heavy atom. The van der Waals surface area contributed by atoms with Crippen molar-refractivity contribution in [3.8, 4) is 0 Å². The van der Waals surface area contributed by atoms with E-state index in [0.29, 0.717) is 5.69 Å². The maximum absolute atomic E-state index is 13.4. The number of hydrogen-bond acceptors (Lipinski definition) is 2. The van der Waals surface area contributed by atoms with Crippen LogP contribution in [0.3, 0.4) is 0 Å². The highest BCUT2D eigenvalue weighted by Gasteiger charge is 2.34. The third-order valence-electron chi connectivity index (χ3n) is 6.24. The fourth-order valence-corrected chi connectivity index (χ4v) is 4.81. The highest BCUT2D eigenvalue weighted by Crippen LogP contribution is 2.39. The first kappa shape index (κ1) is 20.7. The van der Waals surface area contributed by atoms with Crippen molar-refractivity contribution in [2.45, 2.75) is 56.9 Å². The molecular formula is C25H27F3N2. The van der Waals surface area contributed by atoms with E-state index >= 15 is 0 Å². The number of halogens is 3. The normalized spacial score (nSPS) is 20.8. The molecule has 2 unspecified atom stereocenters. The summed E-state index contributed by atoms with van der Waals surface area (Å²) >= 11 is 0. The standard InChI is InChI=1S/C25H27F3N2/c1-17(23-14-4-8-18-7-2-3-13-24(18)23)30(22-12-6-10-20(29)16-22)21-11-5-9-19(15-21)25(26,27)28/h2-5,7-9,11,13-15,17,20,22H,6,10,12,16,29H2,1H3/t17-,20?,22?/m1/s1. The first-order chi connectivity index (χ1) is 14.3. The van der Waals surface area contributed by atoms with Gasteiger partial charge in [0.1, 0.15) is 0 Å². The molecule has 0 amide bonds. The molecule has 1 aliphatic rings. The van der Waals surface area contributed by atoms with Crippen LogP contribution >= 0.6 is 0 Å². The number of benzene rings is 3. The lowest BCUT2D eigenvalue weighted by molar-refractivity contribution is -0.137. The topological polar surface area (TPSA) is 29.3 Å².